The van der Waals surface area contributed by atoms with Gasteiger partial charge in [0.2, 0.25) is 5.95 Å². The van der Waals surface area contributed by atoms with Crippen LogP contribution in [-0.2, 0) is 13.0 Å². The van der Waals surface area contributed by atoms with E-state index < -0.39 is 11.2 Å². The standard InChI is InChI=1S/C20H18N6O2/c27-18-16-12-23-19(22-11-9-15-8-4-5-10-21-15)24-17(16)25-20(28)26(18)13-14-6-2-1-3-7-14/h1-8,10,12H,9,11,13H2,(H2,22,23,24,25,28). The zero-order valence-corrected chi connectivity index (χ0v) is 15.0. The van der Waals surface area contributed by atoms with Crippen molar-refractivity contribution in [1.82, 2.24) is 24.5 Å². The molecule has 0 radical (unpaired) electrons. The summed E-state index contributed by atoms with van der Waals surface area (Å²) in [5, 5.41) is 3.35. The van der Waals surface area contributed by atoms with Crippen molar-refractivity contribution >= 4 is 17.0 Å². The summed E-state index contributed by atoms with van der Waals surface area (Å²) in [6.45, 7) is 0.771. The Bertz CT molecular complexity index is 1200. The Balaban J connectivity index is 1.56. The summed E-state index contributed by atoms with van der Waals surface area (Å²) in [5.74, 6) is 0.347. The molecule has 1 aromatic carbocycles. The molecule has 3 heterocycles. The minimum atomic E-state index is -0.500. The molecule has 0 bridgehead atoms. The van der Waals surface area contributed by atoms with Gasteiger partial charge in [0.1, 0.15) is 5.39 Å². The smallest absolute Gasteiger partial charge is 0.330 e. The molecule has 4 aromatic rings. The van der Waals surface area contributed by atoms with Gasteiger partial charge in [0.25, 0.3) is 5.56 Å². The van der Waals surface area contributed by atoms with Crippen LogP contribution in [0.4, 0.5) is 5.95 Å². The first kappa shape index (κ1) is 17.6. The number of aromatic nitrogens is 5. The lowest BCUT2D eigenvalue weighted by atomic mass is 10.2. The summed E-state index contributed by atoms with van der Waals surface area (Å²) in [6.07, 6.45) is 3.88. The largest absolute Gasteiger partial charge is 0.354 e. The number of benzene rings is 1. The van der Waals surface area contributed by atoms with Gasteiger partial charge in [-0.05, 0) is 17.7 Å². The van der Waals surface area contributed by atoms with Crippen molar-refractivity contribution in [2.75, 3.05) is 11.9 Å². The van der Waals surface area contributed by atoms with E-state index >= 15 is 0 Å². The molecule has 8 nitrogen and oxygen atoms in total. The number of nitrogens with one attached hydrogen (secondary N) is 2. The number of nitrogens with zero attached hydrogens (tertiary/aromatic N) is 4. The lowest BCUT2D eigenvalue weighted by molar-refractivity contribution is 0.709. The van der Waals surface area contributed by atoms with Crippen LogP contribution in [0.3, 0.4) is 0 Å². The highest BCUT2D eigenvalue weighted by molar-refractivity contribution is 5.73. The minimum Gasteiger partial charge on any atom is -0.354 e. The molecule has 0 atom stereocenters. The quantitative estimate of drug-likeness (QED) is 0.531. The van der Waals surface area contributed by atoms with Crippen molar-refractivity contribution in [3.8, 4) is 0 Å². The lowest BCUT2D eigenvalue weighted by Gasteiger charge is -2.08. The third-order valence-corrected chi connectivity index (χ3v) is 4.31. The van der Waals surface area contributed by atoms with Crippen molar-refractivity contribution in [2.45, 2.75) is 13.0 Å². The van der Waals surface area contributed by atoms with Gasteiger partial charge in [-0.1, -0.05) is 36.4 Å². The van der Waals surface area contributed by atoms with Gasteiger partial charge >= 0.3 is 5.69 Å². The van der Waals surface area contributed by atoms with Crippen LogP contribution in [-0.4, -0.2) is 31.0 Å². The number of pyridine rings is 1. The van der Waals surface area contributed by atoms with Crippen LogP contribution in [0.5, 0.6) is 0 Å². The fraction of sp³-hybridized carbons (Fsp3) is 0.150. The van der Waals surface area contributed by atoms with Crippen LogP contribution in [0.1, 0.15) is 11.3 Å². The van der Waals surface area contributed by atoms with Gasteiger partial charge in [-0.25, -0.2) is 9.78 Å². The average molecular weight is 374 g/mol. The van der Waals surface area contributed by atoms with E-state index in [2.05, 4.69) is 25.3 Å². The normalized spacial score (nSPS) is 10.9. The molecule has 0 aliphatic carbocycles. The zero-order chi connectivity index (χ0) is 19.3. The summed E-state index contributed by atoms with van der Waals surface area (Å²) >= 11 is 0. The average Bonchev–Trinajstić information content (AvgIpc) is 2.72. The van der Waals surface area contributed by atoms with Gasteiger partial charge in [-0.15, -0.1) is 0 Å². The molecule has 0 aliphatic heterocycles. The van der Waals surface area contributed by atoms with Gasteiger partial charge < -0.3 is 5.32 Å². The highest BCUT2D eigenvalue weighted by atomic mass is 16.2. The summed E-state index contributed by atoms with van der Waals surface area (Å²) < 4.78 is 1.15. The van der Waals surface area contributed by atoms with E-state index in [0.29, 0.717) is 18.9 Å². The highest BCUT2D eigenvalue weighted by Gasteiger charge is 2.10. The van der Waals surface area contributed by atoms with E-state index in [4.69, 9.17) is 0 Å². The fourth-order valence-corrected chi connectivity index (χ4v) is 2.88. The van der Waals surface area contributed by atoms with Crippen LogP contribution < -0.4 is 16.6 Å². The Morgan fingerprint density at radius 1 is 1.00 bits per heavy atom. The second-order valence-corrected chi connectivity index (χ2v) is 6.26. The van der Waals surface area contributed by atoms with E-state index in [-0.39, 0.29) is 17.6 Å². The maximum absolute atomic E-state index is 12.7. The van der Waals surface area contributed by atoms with E-state index in [9.17, 15) is 9.59 Å². The minimum absolute atomic E-state index is 0.190. The molecule has 0 saturated heterocycles. The van der Waals surface area contributed by atoms with Crippen molar-refractivity contribution in [3.63, 3.8) is 0 Å². The monoisotopic (exact) mass is 374 g/mol. The van der Waals surface area contributed by atoms with E-state index in [0.717, 1.165) is 15.8 Å². The number of rotatable bonds is 6. The van der Waals surface area contributed by atoms with Crippen LogP contribution in [0.15, 0.2) is 70.5 Å². The molecule has 0 unspecified atom stereocenters. The van der Waals surface area contributed by atoms with E-state index in [1.807, 2.05) is 48.5 Å². The number of H-pyrrole nitrogens is 1. The van der Waals surface area contributed by atoms with Gasteiger partial charge in [0, 0.05) is 31.1 Å². The third kappa shape index (κ3) is 3.80. The second kappa shape index (κ2) is 7.83. The molecular weight excluding hydrogens is 356 g/mol. The van der Waals surface area contributed by atoms with Crippen LogP contribution in [0.25, 0.3) is 11.0 Å². The Hall–Kier alpha value is -3.81. The van der Waals surface area contributed by atoms with Gasteiger partial charge in [-0.2, -0.15) is 4.98 Å². The number of aromatic amines is 1. The zero-order valence-electron chi connectivity index (χ0n) is 15.0. The molecule has 2 N–H and O–H groups in total. The predicted molar refractivity (Wildman–Crippen MR) is 106 cm³/mol. The molecule has 4 rings (SSSR count). The van der Waals surface area contributed by atoms with Crippen LogP contribution in [0, 0.1) is 0 Å². The van der Waals surface area contributed by atoms with Crippen molar-refractivity contribution < 1.29 is 0 Å². The predicted octanol–water partition coefficient (Wildman–Crippen LogP) is 1.58. The third-order valence-electron chi connectivity index (χ3n) is 4.31. The van der Waals surface area contributed by atoms with Gasteiger partial charge in [-0.3, -0.25) is 19.3 Å². The summed E-state index contributed by atoms with van der Waals surface area (Å²) in [7, 11) is 0. The number of hydrogen-bond acceptors (Lipinski definition) is 6. The maximum Gasteiger partial charge on any atom is 0.330 e. The van der Waals surface area contributed by atoms with E-state index in [1.165, 1.54) is 6.20 Å². The first-order valence-corrected chi connectivity index (χ1v) is 8.88. The SMILES string of the molecule is O=c1[nH]c2nc(NCCc3ccccn3)ncc2c(=O)n1Cc1ccccc1. The number of fused-ring (bicyclic) bond motifs is 1. The molecule has 0 saturated carbocycles. The van der Waals surface area contributed by atoms with Crippen molar-refractivity contribution in [1.29, 1.82) is 0 Å². The lowest BCUT2D eigenvalue weighted by Crippen LogP contribution is -2.35. The summed E-state index contributed by atoms with van der Waals surface area (Å²) in [6, 6.07) is 15.1. The Labute approximate surface area is 160 Å². The van der Waals surface area contributed by atoms with E-state index in [1.54, 1.807) is 6.20 Å². The molecule has 8 heteroatoms. The molecule has 140 valence electrons. The van der Waals surface area contributed by atoms with Crippen molar-refractivity contribution in [2.24, 2.45) is 0 Å². The van der Waals surface area contributed by atoms with Gasteiger partial charge in [0.15, 0.2) is 5.65 Å². The Kier molecular flexibility index (Phi) is 4.92. The Morgan fingerprint density at radius 3 is 2.61 bits per heavy atom. The molecule has 0 spiro atoms. The maximum atomic E-state index is 12.7. The first-order valence-electron chi connectivity index (χ1n) is 8.88. The Morgan fingerprint density at radius 2 is 1.82 bits per heavy atom. The van der Waals surface area contributed by atoms with Gasteiger partial charge in [0.05, 0.1) is 6.54 Å². The number of anilines is 1. The summed E-state index contributed by atoms with van der Waals surface area (Å²) in [5.41, 5.74) is 1.12. The van der Waals surface area contributed by atoms with Crippen LogP contribution >= 0.6 is 0 Å². The molecule has 0 amide bonds. The topological polar surface area (TPSA) is 106 Å². The van der Waals surface area contributed by atoms with Crippen molar-refractivity contribution in [3.05, 3.63) is 93.0 Å². The molecule has 0 fully saturated rings. The first-order chi connectivity index (χ1) is 13.7. The molecule has 0 aliphatic rings. The molecule has 3 aromatic heterocycles. The number of hydrogen-bond donors (Lipinski definition) is 2. The molecule has 28 heavy (non-hydrogen) atoms. The highest BCUT2D eigenvalue weighted by Crippen LogP contribution is 2.06. The summed E-state index contributed by atoms with van der Waals surface area (Å²) in [4.78, 5) is 40.5. The molecular formula is C20H18N6O2. The van der Waals surface area contributed by atoms with Crippen LogP contribution in [0.2, 0.25) is 0 Å². The fourth-order valence-electron chi connectivity index (χ4n) is 2.88. The second-order valence-electron chi connectivity index (χ2n) is 6.26.